The first-order valence-corrected chi connectivity index (χ1v) is 17.7. The van der Waals surface area contributed by atoms with Crippen LogP contribution in [0, 0.1) is 18.6 Å². The molecule has 3 aromatic rings. The minimum Gasteiger partial charge on any atom is -0.395 e. The number of aryl methyl sites for hydroxylation is 1. The van der Waals surface area contributed by atoms with Crippen LogP contribution in [-0.4, -0.2) is 87.9 Å². The van der Waals surface area contributed by atoms with Gasteiger partial charge in [-0.25, -0.2) is 30.6 Å². The van der Waals surface area contributed by atoms with E-state index >= 15 is 0 Å². The summed E-state index contributed by atoms with van der Waals surface area (Å²) >= 11 is 0.968. The van der Waals surface area contributed by atoms with Gasteiger partial charge in [0, 0.05) is 30.8 Å². The number of sulfone groups is 1. The highest BCUT2D eigenvalue weighted by molar-refractivity contribution is 7.92. The maximum absolute atomic E-state index is 12.2. The normalized spacial score (nSPS) is 11.6. The molecule has 0 saturated carbocycles. The summed E-state index contributed by atoms with van der Waals surface area (Å²) in [6.45, 7) is 1.69. The van der Waals surface area contributed by atoms with Gasteiger partial charge in [0.1, 0.15) is 27.2 Å². The number of nitrogens with zero attached hydrogens (tertiary/aromatic N) is 1. The second-order valence-electron chi connectivity index (χ2n) is 9.37. The van der Waals surface area contributed by atoms with Crippen molar-refractivity contribution in [1.82, 2.24) is 15.6 Å². The van der Waals surface area contributed by atoms with Crippen LogP contribution in [0.4, 0.5) is 13.9 Å². The highest BCUT2D eigenvalue weighted by Crippen LogP contribution is 2.16. The van der Waals surface area contributed by atoms with Gasteiger partial charge in [-0.2, -0.15) is 0 Å². The number of hydrogen-bond acceptors (Lipinski definition) is 10. The van der Waals surface area contributed by atoms with Gasteiger partial charge < -0.3 is 20.8 Å². The molecule has 0 saturated heterocycles. The van der Waals surface area contributed by atoms with Gasteiger partial charge in [0.2, 0.25) is 15.9 Å². The maximum atomic E-state index is 12.2. The molecule has 0 fully saturated rings. The van der Waals surface area contributed by atoms with E-state index in [-0.39, 0.29) is 42.1 Å². The number of aromatic nitrogens is 1. The summed E-state index contributed by atoms with van der Waals surface area (Å²) in [5.74, 6) is -2.06. The van der Waals surface area contributed by atoms with Crippen molar-refractivity contribution in [1.29, 1.82) is 0 Å². The van der Waals surface area contributed by atoms with Crippen LogP contribution in [0.2, 0.25) is 0 Å². The number of sulfonamides is 1. The number of benzene rings is 2. The molecular weight excluding hydrogens is 643 g/mol. The molecule has 17 heteroatoms. The number of thiazole rings is 1. The first-order valence-electron chi connectivity index (χ1n) is 12.9. The third-order valence-corrected chi connectivity index (χ3v) is 7.35. The highest BCUT2D eigenvalue weighted by atomic mass is 32.2. The number of amides is 2. The molecule has 1 aromatic heterocycles. The largest absolute Gasteiger partial charge is 0.395 e. The lowest BCUT2D eigenvalue weighted by atomic mass is 10.1. The molecule has 2 aromatic carbocycles. The van der Waals surface area contributed by atoms with Gasteiger partial charge in [0.05, 0.1) is 31.1 Å². The van der Waals surface area contributed by atoms with Crippen molar-refractivity contribution in [3.63, 3.8) is 0 Å². The van der Waals surface area contributed by atoms with Crippen LogP contribution in [0.25, 0.3) is 0 Å². The quantitative estimate of drug-likeness (QED) is 0.190. The molecule has 3 rings (SSSR count). The Morgan fingerprint density at radius 2 is 1.61 bits per heavy atom. The predicted octanol–water partition coefficient (Wildman–Crippen LogP) is 1.65. The molecule has 0 aliphatic rings. The molecule has 2 amide bonds. The van der Waals surface area contributed by atoms with Gasteiger partial charge >= 0.3 is 0 Å². The number of aliphatic hydroxyl groups excluding tert-OH is 2. The Morgan fingerprint density at radius 1 is 1.00 bits per heavy atom. The molecule has 0 aliphatic heterocycles. The van der Waals surface area contributed by atoms with Crippen molar-refractivity contribution in [3.05, 3.63) is 82.4 Å². The van der Waals surface area contributed by atoms with Gasteiger partial charge in [-0.15, -0.1) is 11.3 Å². The molecule has 0 aliphatic carbocycles. The second kappa shape index (κ2) is 19.0. The Hall–Kier alpha value is -3.51. The summed E-state index contributed by atoms with van der Waals surface area (Å²) in [4.78, 5) is 27.7. The van der Waals surface area contributed by atoms with Crippen LogP contribution in [0.3, 0.4) is 0 Å². The van der Waals surface area contributed by atoms with Gasteiger partial charge in [-0.05, 0) is 36.6 Å². The predicted molar refractivity (Wildman–Crippen MR) is 165 cm³/mol. The summed E-state index contributed by atoms with van der Waals surface area (Å²) in [6, 6.07) is 13.1. The molecule has 12 nitrogen and oxygen atoms in total. The van der Waals surface area contributed by atoms with Crippen LogP contribution in [0.15, 0.2) is 53.9 Å². The zero-order valence-corrected chi connectivity index (χ0v) is 26.7. The van der Waals surface area contributed by atoms with Gasteiger partial charge in [-0.1, -0.05) is 30.3 Å². The zero-order valence-electron chi connectivity index (χ0n) is 24.3. The third-order valence-electron chi connectivity index (χ3n) is 4.98. The Morgan fingerprint density at radius 3 is 2.11 bits per heavy atom. The standard InChI is InChI=1S/C17H22N4O5S2.C7H6F2.C3H8O3S/c1-28(25,26)21-17-20-14(11-27-17)16(24)19-10-13(22)9-15(23)18-8-7-12-5-3-2-4-6-12;1-5-2-6(8)4-7(9)3-5;1-7(5,6)3-2-4/h2-6,11,13,22H,7-10H2,1H3,(H,18,23)(H,19,24)(H,20,21);2-4H,1H3;4H,2-3H2,1H3. The molecule has 0 radical (unpaired) electrons. The molecule has 1 atom stereocenters. The van der Waals surface area contributed by atoms with Crippen molar-refractivity contribution in [2.24, 2.45) is 0 Å². The Labute approximate surface area is 259 Å². The molecule has 1 unspecified atom stereocenters. The van der Waals surface area contributed by atoms with Gasteiger partial charge in [0.25, 0.3) is 5.91 Å². The zero-order chi connectivity index (χ0) is 33.3. The summed E-state index contributed by atoms with van der Waals surface area (Å²) in [5.41, 5.74) is 1.73. The smallest absolute Gasteiger partial charge is 0.270 e. The van der Waals surface area contributed by atoms with E-state index in [1.165, 1.54) is 17.5 Å². The first-order chi connectivity index (χ1) is 20.5. The van der Waals surface area contributed by atoms with Crippen LogP contribution in [0.1, 0.15) is 28.0 Å². The minimum absolute atomic E-state index is 0.0238. The molecular formula is C27H36F2N4O8S3. The van der Waals surface area contributed by atoms with E-state index in [1.807, 2.05) is 30.3 Å². The SMILES string of the molecule is CS(=O)(=O)CCO.CS(=O)(=O)Nc1nc(C(=O)NCC(O)CC(=O)NCCc2ccccc2)cs1.Cc1cc(F)cc(F)c1. The van der Waals surface area contributed by atoms with E-state index < -0.39 is 43.5 Å². The van der Waals surface area contributed by atoms with Crippen molar-refractivity contribution in [3.8, 4) is 0 Å². The fourth-order valence-corrected chi connectivity index (χ4v) is 4.97. The minimum atomic E-state index is -3.47. The number of carbonyl (C=O) groups excluding carboxylic acids is 2. The van der Waals surface area contributed by atoms with Gasteiger partial charge in [-0.3, -0.25) is 14.3 Å². The Balaban J connectivity index is 0.000000491. The molecule has 44 heavy (non-hydrogen) atoms. The van der Waals surface area contributed by atoms with E-state index in [0.717, 1.165) is 35.5 Å². The van der Waals surface area contributed by atoms with Crippen molar-refractivity contribution >= 4 is 48.1 Å². The van der Waals surface area contributed by atoms with Crippen molar-refractivity contribution in [2.45, 2.75) is 25.9 Å². The summed E-state index contributed by atoms with van der Waals surface area (Å²) in [6.07, 6.45) is 1.56. The van der Waals surface area contributed by atoms with Crippen LogP contribution in [0.5, 0.6) is 0 Å². The number of anilines is 1. The summed E-state index contributed by atoms with van der Waals surface area (Å²) < 4.78 is 69.0. The van der Waals surface area contributed by atoms with E-state index in [4.69, 9.17) is 5.11 Å². The Bertz CT molecular complexity index is 1500. The van der Waals surface area contributed by atoms with Crippen LogP contribution < -0.4 is 15.4 Å². The van der Waals surface area contributed by atoms with Crippen molar-refractivity contribution < 1.29 is 45.4 Å². The lowest BCUT2D eigenvalue weighted by Gasteiger charge is -2.11. The summed E-state index contributed by atoms with van der Waals surface area (Å²) in [5, 5.41) is 24.6. The van der Waals surface area contributed by atoms with Crippen LogP contribution >= 0.6 is 11.3 Å². The topological polar surface area (TPSA) is 192 Å². The van der Waals surface area contributed by atoms with Crippen LogP contribution in [-0.2, 0) is 31.1 Å². The molecule has 5 N–H and O–H groups in total. The molecule has 0 spiro atoms. The fraction of sp³-hybridized carbons (Fsp3) is 0.370. The number of nitrogens with one attached hydrogen (secondary N) is 3. The average molecular weight is 679 g/mol. The molecule has 244 valence electrons. The van der Waals surface area contributed by atoms with Crippen molar-refractivity contribution in [2.75, 3.05) is 42.7 Å². The second-order valence-corrected chi connectivity index (χ2v) is 14.2. The highest BCUT2D eigenvalue weighted by Gasteiger charge is 2.16. The number of rotatable bonds is 12. The third kappa shape index (κ3) is 18.9. The van der Waals surface area contributed by atoms with Gasteiger partial charge in [0.15, 0.2) is 5.13 Å². The van der Waals surface area contributed by atoms with E-state index in [9.17, 15) is 40.3 Å². The maximum Gasteiger partial charge on any atom is 0.270 e. The monoisotopic (exact) mass is 678 g/mol. The number of aliphatic hydroxyl groups is 2. The Kier molecular flexibility index (Phi) is 16.6. The lowest BCUT2D eigenvalue weighted by Crippen LogP contribution is -2.36. The number of carbonyl (C=O) groups is 2. The molecule has 0 bridgehead atoms. The molecule has 1 heterocycles. The van der Waals surface area contributed by atoms with E-state index in [2.05, 4.69) is 20.3 Å². The number of halogens is 2. The first kappa shape index (κ1) is 38.5. The fourth-order valence-electron chi connectivity index (χ4n) is 3.09. The number of hydrogen-bond donors (Lipinski definition) is 5. The summed E-state index contributed by atoms with van der Waals surface area (Å²) in [7, 11) is -6.40. The van der Waals surface area contributed by atoms with E-state index in [1.54, 1.807) is 6.92 Å². The lowest BCUT2D eigenvalue weighted by molar-refractivity contribution is -0.122. The van der Waals surface area contributed by atoms with E-state index in [0.29, 0.717) is 18.5 Å². The average Bonchev–Trinajstić information content (AvgIpc) is 3.34.